The molecule has 7 nitrogen and oxygen atoms in total. The van der Waals surface area contributed by atoms with Gasteiger partial charge in [-0.05, 0) is 72.8 Å². The Morgan fingerprint density at radius 1 is 1.15 bits per heavy atom. The zero-order valence-corrected chi connectivity index (χ0v) is 18.2. The monoisotopic (exact) mass is 450 g/mol. The van der Waals surface area contributed by atoms with Gasteiger partial charge in [0.1, 0.15) is 11.9 Å². The molecule has 0 unspecified atom stereocenters. The second kappa shape index (κ2) is 11.7. The van der Waals surface area contributed by atoms with Crippen molar-refractivity contribution in [1.82, 2.24) is 14.9 Å². The van der Waals surface area contributed by atoms with Crippen molar-refractivity contribution in [3.05, 3.63) is 89.8 Å². The van der Waals surface area contributed by atoms with Crippen molar-refractivity contribution in [3.8, 4) is 0 Å². The van der Waals surface area contributed by atoms with Crippen LogP contribution in [0.3, 0.4) is 0 Å². The highest BCUT2D eigenvalue weighted by Gasteiger charge is 2.20. The maximum Gasteiger partial charge on any atom is 0.326 e. The average Bonchev–Trinajstić information content (AvgIpc) is 3.32. The van der Waals surface area contributed by atoms with Crippen molar-refractivity contribution < 1.29 is 19.1 Å². The molecule has 8 heteroatoms. The third kappa shape index (κ3) is 7.11. The molecule has 4 N–H and O–H groups in total. The molecule has 0 bridgehead atoms. The van der Waals surface area contributed by atoms with Gasteiger partial charge in [0, 0.05) is 24.5 Å². The number of aromatic nitrogens is 2. The molecule has 1 aromatic heterocycles. The lowest BCUT2D eigenvalue weighted by Gasteiger charge is -2.15. The summed E-state index contributed by atoms with van der Waals surface area (Å²) in [4.78, 5) is 28.3. The first-order valence-corrected chi connectivity index (χ1v) is 10.7. The lowest BCUT2D eigenvalue weighted by molar-refractivity contribution is -0.139. The molecule has 0 spiro atoms. The zero-order chi connectivity index (χ0) is 23.6. The molecule has 0 fully saturated rings. The minimum Gasteiger partial charge on any atom is -0.480 e. The first-order valence-electron chi connectivity index (χ1n) is 10.7. The number of hydrogen-bond acceptors (Lipinski definition) is 4. The number of carboxylic acid groups (broad SMARTS) is 1. The zero-order valence-electron chi connectivity index (χ0n) is 18.2. The van der Waals surface area contributed by atoms with E-state index >= 15 is 0 Å². The van der Waals surface area contributed by atoms with Crippen molar-refractivity contribution >= 4 is 23.5 Å². The smallest absolute Gasteiger partial charge is 0.326 e. The first-order chi connectivity index (χ1) is 16.0. The summed E-state index contributed by atoms with van der Waals surface area (Å²) in [5.74, 6) is -1.85. The van der Waals surface area contributed by atoms with E-state index in [0.29, 0.717) is 37.9 Å². The molecule has 33 heavy (non-hydrogen) atoms. The normalized spacial score (nSPS) is 12.4. The Morgan fingerprint density at radius 3 is 2.61 bits per heavy atom. The van der Waals surface area contributed by atoms with Crippen molar-refractivity contribution in [3.63, 3.8) is 0 Å². The third-order valence-corrected chi connectivity index (χ3v) is 5.17. The number of halogens is 1. The van der Waals surface area contributed by atoms with Gasteiger partial charge in [-0.25, -0.2) is 14.2 Å². The van der Waals surface area contributed by atoms with E-state index in [4.69, 9.17) is 5.73 Å². The van der Waals surface area contributed by atoms with Crippen LogP contribution in [0, 0.1) is 5.82 Å². The number of unbranched alkanes of at least 4 members (excludes halogenated alkanes) is 1. The number of carbonyl (C=O) groups is 2. The van der Waals surface area contributed by atoms with Gasteiger partial charge in [0.05, 0.1) is 6.33 Å². The van der Waals surface area contributed by atoms with Crippen molar-refractivity contribution in [2.45, 2.75) is 31.8 Å². The quantitative estimate of drug-likeness (QED) is 0.306. The van der Waals surface area contributed by atoms with Gasteiger partial charge in [-0.15, -0.1) is 0 Å². The van der Waals surface area contributed by atoms with Gasteiger partial charge in [-0.1, -0.05) is 24.3 Å². The molecule has 0 radical (unpaired) electrons. The van der Waals surface area contributed by atoms with E-state index in [0.717, 1.165) is 16.7 Å². The van der Waals surface area contributed by atoms with Crippen LogP contribution in [0.1, 0.15) is 40.7 Å². The number of allylic oxidation sites excluding steroid dienone is 1. The van der Waals surface area contributed by atoms with Crippen molar-refractivity contribution in [1.29, 1.82) is 0 Å². The van der Waals surface area contributed by atoms with E-state index in [2.05, 4.69) is 10.3 Å². The van der Waals surface area contributed by atoms with Crippen LogP contribution >= 0.6 is 0 Å². The van der Waals surface area contributed by atoms with Crippen molar-refractivity contribution in [2.24, 2.45) is 5.73 Å². The Kier molecular flexibility index (Phi) is 8.49. The van der Waals surface area contributed by atoms with Crippen LogP contribution in [0.4, 0.5) is 4.39 Å². The molecule has 1 atom stereocenters. The van der Waals surface area contributed by atoms with E-state index < -0.39 is 17.9 Å². The highest BCUT2D eigenvalue weighted by Crippen LogP contribution is 2.21. The van der Waals surface area contributed by atoms with Gasteiger partial charge in [-0.2, -0.15) is 0 Å². The van der Waals surface area contributed by atoms with Crippen LogP contribution in [0.25, 0.3) is 11.6 Å². The Balaban J connectivity index is 1.83. The number of nitrogens with two attached hydrogens (primary N) is 1. The number of imidazole rings is 1. The van der Waals surface area contributed by atoms with E-state index in [1.807, 2.05) is 22.9 Å². The maximum atomic E-state index is 13.4. The summed E-state index contributed by atoms with van der Waals surface area (Å²) in [7, 11) is 0. The number of aliphatic carboxylic acids is 1. The number of nitrogens with one attached hydrogen (secondary N) is 1. The number of carbonyl (C=O) groups excluding carboxylic acids is 1. The number of hydrogen-bond donors (Lipinski definition) is 3. The highest BCUT2D eigenvalue weighted by atomic mass is 19.1. The van der Waals surface area contributed by atoms with Crippen LogP contribution in [-0.4, -0.2) is 39.1 Å². The predicted octanol–water partition coefficient (Wildman–Crippen LogP) is 3.58. The molecule has 2 aromatic carbocycles. The van der Waals surface area contributed by atoms with Crippen LogP contribution in [-0.2, 0) is 11.3 Å². The second-order valence-electron chi connectivity index (χ2n) is 7.69. The summed E-state index contributed by atoms with van der Waals surface area (Å²) in [6, 6.07) is 12.2. The third-order valence-electron chi connectivity index (χ3n) is 5.17. The van der Waals surface area contributed by atoms with Gasteiger partial charge in [0.15, 0.2) is 0 Å². The molecule has 1 heterocycles. The van der Waals surface area contributed by atoms with Crippen LogP contribution in [0.2, 0.25) is 0 Å². The predicted molar refractivity (Wildman–Crippen MR) is 125 cm³/mol. The van der Waals surface area contributed by atoms with E-state index in [9.17, 15) is 19.1 Å². The molecule has 3 rings (SSSR count). The van der Waals surface area contributed by atoms with Gasteiger partial charge in [0.2, 0.25) is 0 Å². The van der Waals surface area contributed by atoms with Crippen molar-refractivity contribution in [2.75, 3.05) is 6.54 Å². The van der Waals surface area contributed by atoms with Crippen LogP contribution in [0.15, 0.2) is 67.3 Å². The number of nitrogens with zero attached hydrogens (tertiary/aromatic N) is 2. The topological polar surface area (TPSA) is 110 Å². The van der Waals surface area contributed by atoms with E-state index in [-0.39, 0.29) is 5.82 Å². The fraction of sp³-hybridized carbons (Fsp3) is 0.240. The molecule has 1 amide bonds. The van der Waals surface area contributed by atoms with Gasteiger partial charge >= 0.3 is 5.97 Å². The average molecular weight is 451 g/mol. The minimum absolute atomic E-state index is 0.317. The molecule has 0 aliphatic heterocycles. The number of benzene rings is 2. The number of amides is 1. The minimum atomic E-state index is -1.07. The van der Waals surface area contributed by atoms with Crippen LogP contribution < -0.4 is 11.1 Å². The summed E-state index contributed by atoms with van der Waals surface area (Å²) in [5.41, 5.74) is 8.32. The fourth-order valence-electron chi connectivity index (χ4n) is 3.42. The Bertz CT molecular complexity index is 1100. The van der Waals surface area contributed by atoms with E-state index in [1.54, 1.807) is 42.9 Å². The number of carboxylic acids is 1. The van der Waals surface area contributed by atoms with Gasteiger partial charge in [-0.3, -0.25) is 4.79 Å². The molecule has 0 aliphatic rings. The lowest BCUT2D eigenvalue weighted by Crippen LogP contribution is -2.40. The summed E-state index contributed by atoms with van der Waals surface area (Å²) in [6.07, 6.45) is 8.75. The number of rotatable bonds is 11. The molecule has 0 saturated heterocycles. The second-order valence-corrected chi connectivity index (χ2v) is 7.69. The first kappa shape index (κ1) is 23.9. The maximum absolute atomic E-state index is 13.4. The molecular formula is C25H27FN4O3. The van der Waals surface area contributed by atoms with Crippen LogP contribution in [0.5, 0.6) is 0 Å². The molecule has 0 aliphatic carbocycles. The summed E-state index contributed by atoms with van der Waals surface area (Å²) in [5, 5.41) is 12.0. The summed E-state index contributed by atoms with van der Waals surface area (Å²) >= 11 is 0. The van der Waals surface area contributed by atoms with E-state index in [1.165, 1.54) is 12.1 Å². The Labute approximate surface area is 191 Å². The summed E-state index contributed by atoms with van der Waals surface area (Å²) < 4.78 is 15.3. The highest BCUT2D eigenvalue weighted by molar-refractivity contribution is 5.97. The van der Waals surface area contributed by atoms with Gasteiger partial charge < -0.3 is 20.7 Å². The lowest BCUT2D eigenvalue weighted by atomic mass is 10.0. The molecule has 0 saturated carbocycles. The SMILES string of the molecule is NCCCC[C@H](NC(=O)c1cccc(/C=C(/Cn2ccnc2)c2ccc(F)cc2)c1)C(=O)O. The fourth-order valence-corrected chi connectivity index (χ4v) is 3.42. The Morgan fingerprint density at radius 2 is 1.94 bits per heavy atom. The molecule has 3 aromatic rings. The summed E-state index contributed by atoms with van der Waals surface area (Å²) in [6.45, 7) is 0.981. The largest absolute Gasteiger partial charge is 0.480 e. The Hall–Kier alpha value is -3.78. The standard InChI is InChI=1S/C25H27FN4O3/c26-22-9-7-19(8-10-22)21(16-30-13-12-28-17-30)15-18-4-3-5-20(14-18)24(31)29-23(25(32)33)6-1-2-11-27/h3-5,7-10,12-15,17,23H,1-2,6,11,16,27H2,(H,29,31)(H,32,33)/b21-15-/t23-/m0/s1. The van der Waals surface area contributed by atoms with Gasteiger partial charge in [0.25, 0.3) is 5.91 Å². The molecular weight excluding hydrogens is 423 g/mol. The molecule has 172 valence electrons.